The van der Waals surface area contributed by atoms with Gasteiger partial charge < -0.3 is 5.32 Å². The van der Waals surface area contributed by atoms with E-state index in [1.165, 1.54) is 55.0 Å². The van der Waals surface area contributed by atoms with Crippen LogP contribution in [0.5, 0.6) is 0 Å². The Kier molecular flexibility index (Phi) is 4.05. The van der Waals surface area contributed by atoms with Gasteiger partial charge in [0.2, 0.25) is 0 Å². The molecule has 1 aromatic rings. The second-order valence-corrected chi connectivity index (χ2v) is 6.83. The lowest BCUT2D eigenvalue weighted by Crippen LogP contribution is -2.46. The largest absolute Gasteiger partial charge is 0.311 e. The van der Waals surface area contributed by atoms with E-state index >= 15 is 0 Å². The quantitative estimate of drug-likeness (QED) is 0.859. The molecule has 18 heavy (non-hydrogen) atoms. The molecule has 0 heterocycles. The van der Waals surface area contributed by atoms with Crippen LogP contribution in [0.1, 0.15) is 56.4 Å². The molecule has 98 valence electrons. The van der Waals surface area contributed by atoms with Crippen molar-refractivity contribution in [1.29, 1.82) is 0 Å². The van der Waals surface area contributed by atoms with Crippen LogP contribution in [0.4, 0.5) is 0 Å². The van der Waals surface area contributed by atoms with E-state index in [1.807, 2.05) is 0 Å². The molecule has 1 aromatic carbocycles. The molecule has 2 aliphatic carbocycles. The summed E-state index contributed by atoms with van der Waals surface area (Å²) >= 11 is 3.50. The summed E-state index contributed by atoms with van der Waals surface area (Å²) in [5.74, 6) is 0.791. The van der Waals surface area contributed by atoms with E-state index in [0.29, 0.717) is 0 Å². The maximum Gasteiger partial charge on any atom is 0.0175 e. The van der Waals surface area contributed by atoms with Gasteiger partial charge in [0.05, 0.1) is 0 Å². The number of benzene rings is 1. The Hall–Kier alpha value is -0.340. The molecule has 2 aliphatic rings. The van der Waals surface area contributed by atoms with Crippen molar-refractivity contribution in [2.75, 3.05) is 0 Å². The highest BCUT2D eigenvalue weighted by Crippen LogP contribution is 2.38. The molecule has 0 radical (unpaired) electrons. The zero-order chi connectivity index (χ0) is 12.4. The second kappa shape index (κ2) is 5.75. The SMILES string of the molecule is Brc1ccc(C2CC(NC3CCCCC3)C2)cc1. The van der Waals surface area contributed by atoms with Gasteiger partial charge in [-0.1, -0.05) is 47.3 Å². The van der Waals surface area contributed by atoms with Crippen LogP contribution in [0.2, 0.25) is 0 Å². The van der Waals surface area contributed by atoms with Crippen LogP contribution >= 0.6 is 15.9 Å². The number of nitrogens with one attached hydrogen (secondary N) is 1. The lowest BCUT2D eigenvalue weighted by Gasteiger charge is -2.39. The minimum atomic E-state index is 0.779. The fourth-order valence-corrected chi connectivity index (χ4v) is 3.63. The fourth-order valence-electron chi connectivity index (χ4n) is 3.36. The average molecular weight is 308 g/mol. The molecule has 0 aliphatic heterocycles. The summed E-state index contributed by atoms with van der Waals surface area (Å²) in [4.78, 5) is 0. The molecular weight excluding hydrogens is 286 g/mol. The van der Waals surface area contributed by atoms with Gasteiger partial charge in [-0.3, -0.25) is 0 Å². The van der Waals surface area contributed by atoms with Gasteiger partial charge in [-0.05, 0) is 49.3 Å². The van der Waals surface area contributed by atoms with Gasteiger partial charge in [0.1, 0.15) is 0 Å². The Balaban J connectivity index is 1.46. The van der Waals surface area contributed by atoms with Crippen molar-refractivity contribution in [2.24, 2.45) is 0 Å². The van der Waals surface area contributed by atoms with Gasteiger partial charge in [-0.2, -0.15) is 0 Å². The molecule has 0 bridgehead atoms. The molecule has 0 unspecified atom stereocenters. The van der Waals surface area contributed by atoms with E-state index in [2.05, 4.69) is 45.5 Å². The van der Waals surface area contributed by atoms with Gasteiger partial charge in [0.25, 0.3) is 0 Å². The van der Waals surface area contributed by atoms with Crippen molar-refractivity contribution in [3.05, 3.63) is 34.3 Å². The molecule has 0 atom stereocenters. The Morgan fingerprint density at radius 3 is 2.22 bits per heavy atom. The topological polar surface area (TPSA) is 12.0 Å². The summed E-state index contributed by atoms with van der Waals surface area (Å²) in [6.45, 7) is 0. The number of hydrogen-bond acceptors (Lipinski definition) is 1. The predicted molar refractivity (Wildman–Crippen MR) is 79.9 cm³/mol. The normalized spacial score (nSPS) is 28.9. The molecule has 0 amide bonds. The lowest BCUT2D eigenvalue weighted by molar-refractivity contribution is 0.238. The van der Waals surface area contributed by atoms with Crippen molar-refractivity contribution in [3.8, 4) is 0 Å². The minimum absolute atomic E-state index is 0.779. The van der Waals surface area contributed by atoms with Crippen LogP contribution < -0.4 is 5.32 Å². The third-order valence-corrected chi connectivity index (χ3v) is 5.08. The van der Waals surface area contributed by atoms with Crippen molar-refractivity contribution in [3.63, 3.8) is 0 Å². The van der Waals surface area contributed by atoms with Gasteiger partial charge in [-0.15, -0.1) is 0 Å². The minimum Gasteiger partial charge on any atom is -0.311 e. The van der Waals surface area contributed by atoms with Crippen LogP contribution in [-0.4, -0.2) is 12.1 Å². The molecule has 2 heteroatoms. The lowest BCUT2D eigenvalue weighted by atomic mass is 9.75. The van der Waals surface area contributed by atoms with Gasteiger partial charge >= 0.3 is 0 Å². The Morgan fingerprint density at radius 2 is 1.56 bits per heavy atom. The second-order valence-electron chi connectivity index (χ2n) is 5.92. The first-order chi connectivity index (χ1) is 8.81. The highest BCUT2D eigenvalue weighted by atomic mass is 79.9. The van der Waals surface area contributed by atoms with Crippen molar-refractivity contribution in [2.45, 2.75) is 62.9 Å². The van der Waals surface area contributed by atoms with Crippen LogP contribution in [-0.2, 0) is 0 Å². The number of halogens is 1. The molecule has 0 aromatic heterocycles. The van der Waals surface area contributed by atoms with E-state index in [-0.39, 0.29) is 0 Å². The number of rotatable bonds is 3. The molecule has 2 saturated carbocycles. The smallest absolute Gasteiger partial charge is 0.0175 e. The standard InChI is InChI=1S/C16H22BrN/c17-14-8-6-12(7-9-14)13-10-16(11-13)18-15-4-2-1-3-5-15/h6-9,13,15-16,18H,1-5,10-11H2. The summed E-state index contributed by atoms with van der Waals surface area (Å²) in [5, 5.41) is 3.86. The Bertz CT molecular complexity index is 375. The third-order valence-electron chi connectivity index (χ3n) is 4.56. The Labute approximate surface area is 118 Å². The Morgan fingerprint density at radius 1 is 0.889 bits per heavy atom. The van der Waals surface area contributed by atoms with Crippen LogP contribution in [0, 0.1) is 0 Å². The molecule has 1 nitrogen and oxygen atoms in total. The van der Waals surface area contributed by atoms with Crippen LogP contribution in [0.15, 0.2) is 28.7 Å². The van der Waals surface area contributed by atoms with E-state index < -0.39 is 0 Å². The number of hydrogen-bond donors (Lipinski definition) is 1. The predicted octanol–water partition coefficient (Wildman–Crippen LogP) is 4.62. The maximum absolute atomic E-state index is 3.86. The van der Waals surface area contributed by atoms with Gasteiger partial charge in [-0.25, -0.2) is 0 Å². The molecule has 3 rings (SSSR count). The van der Waals surface area contributed by atoms with Crippen LogP contribution in [0.3, 0.4) is 0 Å². The maximum atomic E-state index is 3.86. The molecular formula is C16H22BrN. The summed E-state index contributed by atoms with van der Waals surface area (Å²) in [5.41, 5.74) is 1.51. The summed E-state index contributed by atoms with van der Waals surface area (Å²) in [7, 11) is 0. The monoisotopic (exact) mass is 307 g/mol. The average Bonchev–Trinajstić information content (AvgIpc) is 2.36. The first kappa shape index (κ1) is 12.7. The zero-order valence-electron chi connectivity index (χ0n) is 10.9. The summed E-state index contributed by atoms with van der Waals surface area (Å²) in [6, 6.07) is 10.5. The van der Waals surface area contributed by atoms with Crippen molar-refractivity contribution < 1.29 is 0 Å². The molecule has 0 saturated heterocycles. The fraction of sp³-hybridized carbons (Fsp3) is 0.625. The van der Waals surface area contributed by atoms with E-state index in [9.17, 15) is 0 Å². The highest BCUT2D eigenvalue weighted by Gasteiger charge is 2.31. The third kappa shape index (κ3) is 2.97. The van der Waals surface area contributed by atoms with Crippen LogP contribution in [0.25, 0.3) is 0 Å². The van der Waals surface area contributed by atoms with E-state index in [0.717, 1.165) is 18.0 Å². The first-order valence-corrected chi connectivity index (χ1v) is 8.12. The first-order valence-electron chi connectivity index (χ1n) is 7.33. The van der Waals surface area contributed by atoms with Crippen molar-refractivity contribution in [1.82, 2.24) is 5.32 Å². The van der Waals surface area contributed by atoms with E-state index in [4.69, 9.17) is 0 Å². The summed E-state index contributed by atoms with van der Waals surface area (Å²) < 4.78 is 1.18. The molecule has 2 fully saturated rings. The van der Waals surface area contributed by atoms with Gasteiger partial charge in [0.15, 0.2) is 0 Å². The highest BCUT2D eigenvalue weighted by molar-refractivity contribution is 9.10. The van der Waals surface area contributed by atoms with Gasteiger partial charge in [0, 0.05) is 16.6 Å². The zero-order valence-corrected chi connectivity index (χ0v) is 12.5. The molecule has 0 spiro atoms. The van der Waals surface area contributed by atoms with E-state index in [1.54, 1.807) is 0 Å². The van der Waals surface area contributed by atoms with Crippen molar-refractivity contribution >= 4 is 15.9 Å². The molecule has 1 N–H and O–H groups in total. The summed E-state index contributed by atoms with van der Waals surface area (Å²) in [6.07, 6.45) is 9.78.